The third kappa shape index (κ3) is 2.64. The van der Waals surface area contributed by atoms with Crippen molar-refractivity contribution in [2.45, 2.75) is 5.88 Å². The van der Waals surface area contributed by atoms with Crippen LogP contribution in [-0.2, 0) is 5.88 Å². The van der Waals surface area contributed by atoms with E-state index < -0.39 is 5.82 Å². The second-order valence-corrected chi connectivity index (χ2v) is 3.77. The fourth-order valence-corrected chi connectivity index (χ4v) is 1.86. The maximum absolute atomic E-state index is 12.8. The van der Waals surface area contributed by atoms with Crippen LogP contribution < -0.4 is 4.74 Å². The molecule has 0 fully saturated rings. The summed E-state index contributed by atoms with van der Waals surface area (Å²) in [6.45, 7) is 0. The van der Waals surface area contributed by atoms with Gasteiger partial charge in [0.2, 0.25) is 0 Å². The van der Waals surface area contributed by atoms with Crippen molar-refractivity contribution in [2.75, 3.05) is 0 Å². The summed E-state index contributed by atoms with van der Waals surface area (Å²) in [5.41, 5.74) is 0.737. The Morgan fingerprint density at radius 2 is 2.33 bits per heavy atom. The van der Waals surface area contributed by atoms with E-state index in [9.17, 15) is 4.39 Å². The van der Waals surface area contributed by atoms with Crippen LogP contribution >= 0.6 is 22.9 Å². The lowest BCUT2D eigenvalue weighted by Crippen LogP contribution is -1.86. The van der Waals surface area contributed by atoms with Crippen LogP contribution in [0.5, 0.6) is 10.9 Å². The van der Waals surface area contributed by atoms with Crippen LogP contribution in [0.2, 0.25) is 0 Å². The molecule has 2 aromatic rings. The lowest BCUT2D eigenvalue weighted by molar-refractivity contribution is 0.469. The number of hydrogen-bond acceptors (Lipinski definition) is 4. The lowest BCUT2D eigenvalue weighted by Gasteiger charge is -1.99. The van der Waals surface area contributed by atoms with Crippen LogP contribution in [0.15, 0.2) is 23.8 Å². The Morgan fingerprint density at radius 1 is 1.47 bits per heavy atom. The predicted molar refractivity (Wildman–Crippen MR) is 55.9 cm³/mol. The average Bonchev–Trinajstić information content (AvgIpc) is 2.65. The smallest absolute Gasteiger partial charge is 0.278 e. The Bertz CT molecular complexity index is 463. The second kappa shape index (κ2) is 4.55. The Kier molecular flexibility index (Phi) is 3.13. The number of thiazole rings is 1. The summed E-state index contributed by atoms with van der Waals surface area (Å²) in [7, 11) is 0. The number of pyridine rings is 1. The Labute approximate surface area is 94.5 Å². The van der Waals surface area contributed by atoms with Crippen LogP contribution in [0.4, 0.5) is 4.39 Å². The first-order chi connectivity index (χ1) is 7.28. The highest BCUT2D eigenvalue weighted by Crippen LogP contribution is 2.25. The van der Waals surface area contributed by atoms with E-state index in [1.165, 1.54) is 23.6 Å². The Balaban J connectivity index is 2.14. The van der Waals surface area contributed by atoms with Crippen molar-refractivity contribution in [3.8, 4) is 10.9 Å². The molecule has 0 saturated heterocycles. The van der Waals surface area contributed by atoms with Crippen LogP contribution in [-0.4, -0.2) is 9.97 Å². The molecule has 15 heavy (non-hydrogen) atoms. The van der Waals surface area contributed by atoms with Gasteiger partial charge in [-0.15, -0.1) is 11.6 Å². The highest BCUT2D eigenvalue weighted by atomic mass is 35.5. The predicted octanol–water partition coefficient (Wildman–Crippen LogP) is 3.21. The molecule has 0 N–H and O–H groups in total. The van der Waals surface area contributed by atoms with Gasteiger partial charge in [-0.05, 0) is 0 Å². The third-order valence-corrected chi connectivity index (χ3v) is 2.59. The molecule has 0 unspecified atom stereocenters. The van der Waals surface area contributed by atoms with Crippen molar-refractivity contribution in [2.24, 2.45) is 0 Å². The Hall–Kier alpha value is -1.20. The first kappa shape index (κ1) is 10.3. The van der Waals surface area contributed by atoms with E-state index in [-0.39, 0.29) is 0 Å². The number of aromatic nitrogens is 2. The molecule has 6 heteroatoms. The zero-order valence-corrected chi connectivity index (χ0v) is 9.06. The molecule has 2 aromatic heterocycles. The number of halogens is 2. The van der Waals surface area contributed by atoms with Gasteiger partial charge in [0.05, 0.1) is 24.0 Å². The molecule has 0 atom stereocenters. The van der Waals surface area contributed by atoms with Crippen LogP contribution in [0.25, 0.3) is 0 Å². The van der Waals surface area contributed by atoms with Crippen LogP contribution in [0.1, 0.15) is 5.69 Å². The Morgan fingerprint density at radius 3 is 3.00 bits per heavy atom. The number of alkyl halides is 1. The molecule has 2 heterocycles. The van der Waals surface area contributed by atoms with Crippen molar-refractivity contribution >= 4 is 22.9 Å². The molecule has 78 valence electrons. The number of hydrogen-bond donors (Lipinski definition) is 0. The summed E-state index contributed by atoms with van der Waals surface area (Å²) in [4.78, 5) is 7.73. The molecule has 0 aliphatic heterocycles. The van der Waals surface area contributed by atoms with E-state index in [4.69, 9.17) is 16.3 Å². The first-order valence-electron chi connectivity index (χ1n) is 4.06. The SMILES string of the molecule is Fc1cncc(Oc2nc(CCl)cs2)c1. The van der Waals surface area contributed by atoms with Gasteiger partial charge in [0.1, 0.15) is 5.82 Å². The molecule has 0 saturated carbocycles. The maximum Gasteiger partial charge on any atom is 0.278 e. The van der Waals surface area contributed by atoms with E-state index >= 15 is 0 Å². The minimum Gasteiger partial charge on any atom is -0.429 e. The molecule has 0 radical (unpaired) electrons. The first-order valence-corrected chi connectivity index (χ1v) is 5.48. The summed E-state index contributed by atoms with van der Waals surface area (Å²) < 4.78 is 18.0. The molecule has 0 aromatic carbocycles. The molecule has 0 bridgehead atoms. The van der Waals surface area contributed by atoms with Crippen molar-refractivity contribution < 1.29 is 9.13 Å². The molecule has 0 spiro atoms. The van der Waals surface area contributed by atoms with Gasteiger partial charge in [0.25, 0.3) is 5.19 Å². The fourth-order valence-electron chi connectivity index (χ4n) is 0.946. The van der Waals surface area contributed by atoms with Crippen molar-refractivity contribution in [1.82, 2.24) is 9.97 Å². The van der Waals surface area contributed by atoms with Crippen molar-refractivity contribution in [1.29, 1.82) is 0 Å². The summed E-state index contributed by atoms with van der Waals surface area (Å²) in [6, 6.07) is 1.24. The van der Waals surface area contributed by atoms with E-state index in [2.05, 4.69) is 9.97 Å². The topological polar surface area (TPSA) is 35.0 Å². The lowest BCUT2D eigenvalue weighted by atomic mass is 10.4. The fraction of sp³-hybridized carbons (Fsp3) is 0.111. The van der Waals surface area contributed by atoms with Gasteiger partial charge in [-0.25, -0.2) is 9.37 Å². The normalized spacial score (nSPS) is 10.3. The third-order valence-electron chi connectivity index (χ3n) is 1.55. The van der Waals surface area contributed by atoms with Gasteiger partial charge in [0.15, 0.2) is 5.75 Å². The van der Waals surface area contributed by atoms with E-state index in [0.717, 1.165) is 11.9 Å². The summed E-state index contributed by atoms with van der Waals surface area (Å²) in [5, 5.41) is 2.22. The zero-order valence-electron chi connectivity index (χ0n) is 7.48. The van der Waals surface area contributed by atoms with E-state index in [1.807, 2.05) is 0 Å². The minimum absolute atomic E-state index is 0.325. The zero-order chi connectivity index (χ0) is 10.7. The standard InChI is InChI=1S/C9H6ClFN2OS/c10-2-7-5-15-9(13-7)14-8-1-6(11)3-12-4-8/h1,3-5H,2H2. The summed E-state index contributed by atoms with van der Waals surface area (Å²) in [5.74, 6) is 0.216. The molecule has 0 amide bonds. The van der Waals surface area contributed by atoms with Gasteiger partial charge in [0, 0.05) is 11.4 Å². The van der Waals surface area contributed by atoms with Gasteiger partial charge in [-0.3, -0.25) is 4.98 Å². The molecule has 3 nitrogen and oxygen atoms in total. The molecule has 2 rings (SSSR count). The van der Waals surface area contributed by atoms with Gasteiger partial charge in [-0.1, -0.05) is 11.3 Å². The van der Waals surface area contributed by atoms with Gasteiger partial charge in [-0.2, -0.15) is 0 Å². The van der Waals surface area contributed by atoms with Gasteiger partial charge >= 0.3 is 0 Å². The molecule has 0 aliphatic carbocycles. The van der Waals surface area contributed by atoms with E-state index in [0.29, 0.717) is 16.8 Å². The summed E-state index contributed by atoms with van der Waals surface area (Å²) in [6.07, 6.45) is 2.53. The average molecular weight is 245 g/mol. The maximum atomic E-state index is 12.8. The monoisotopic (exact) mass is 244 g/mol. The molecular weight excluding hydrogens is 239 g/mol. The van der Waals surface area contributed by atoms with Crippen LogP contribution in [0.3, 0.4) is 0 Å². The van der Waals surface area contributed by atoms with Crippen molar-refractivity contribution in [3.63, 3.8) is 0 Å². The molecule has 0 aliphatic rings. The largest absolute Gasteiger partial charge is 0.429 e. The van der Waals surface area contributed by atoms with Gasteiger partial charge < -0.3 is 4.74 Å². The number of nitrogens with zero attached hydrogens (tertiary/aromatic N) is 2. The highest BCUT2D eigenvalue weighted by Gasteiger charge is 2.04. The number of ether oxygens (including phenoxy) is 1. The summed E-state index contributed by atoms with van der Waals surface area (Å²) >= 11 is 6.89. The minimum atomic E-state index is -0.443. The van der Waals surface area contributed by atoms with Crippen LogP contribution in [0, 0.1) is 5.82 Å². The highest BCUT2D eigenvalue weighted by molar-refractivity contribution is 7.11. The van der Waals surface area contributed by atoms with E-state index in [1.54, 1.807) is 5.38 Å². The number of rotatable bonds is 3. The second-order valence-electron chi connectivity index (χ2n) is 2.68. The molecular formula is C9H6ClFN2OS. The quantitative estimate of drug-likeness (QED) is 0.778. The van der Waals surface area contributed by atoms with Crippen molar-refractivity contribution in [3.05, 3.63) is 35.4 Å².